The molecule has 0 aliphatic carbocycles. The molecule has 28 heavy (non-hydrogen) atoms. The highest BCUT2D eigenvalue weighted by Gasteiger charge is 2.29. The maximum absolute atomic E-state index is 12.6. The molecule has 0 saturated heterocycles. The molecular formula is C20H16BrClF3N3. The van der Waals surface area contributed by atoms with Crippen LogP contribution in [0.4, 0.5) is 18.9 Å². The number of hydrazone groups is 1. The highest BCUT2D eigenvalue weighted by atomic mass is 79.9. The van der Waals surface area contributed by atoms with Gasteiger partial charge in [0, 0.05) is 27.1 Å². The van der Waals surface area contributed by atoms with Gasteiger partial charge >= 0.3 is 6.18 Å². The Kier molecular flexibility index (Phi) is 5.86. The Morgan fingerprint density at radius 1 is 1.07 bits per heavy atom. The largest absolute Gasteiger partial charge is 0.416 e. The Bertz CT molecular complexity index is 1020. The summed E-state index contributed by atoms with van der Waals surface area (Å²) in [4.78, 5) is 0. The van der Waals surface area contributed by atoms with Crippen LogP contribution < -0.4 is 5.43 Å². The van der Waals surface area contributed by atoms with E-state index < -0.39 is 11.7 Å². The second-order valence-corrected chi connectivity index (χ2v) is 7.47. The second-order valence-electron chi connectivity index (χ2n) is 6.21. The number of halogens is 5. The van der Waals surface area contributed by atoms with Crippen LogP contribution >= 0.6 is 27.5 Å². The minimum absolute atomic E-state index is 0.470. The van der Waals surface area contributed by atoms with Gasteiger partial charge in [0.15, 0.2) is 0 Å². The zero-order valence-corrected chi connectivity index (χ0v) is 17.3. The molecule has 0 bridgehead atoms. The highest BCUT2D eigenvalue weighted by Crippen LogP contribution is 2.30. The first-order chi connectivity index (χ1) is 13.2. The predicted molar refractivity (Wildman–Crippen MR) is 111 cm³/mol. The molecule has 2 aromatic carbocycles. The molecule has 3 rings (SSSR count). The van der Waals surface area contributed by atoms with Crippen molar-refractivity contribution >= 4 is 39.4 Å². The SMILES string of the molecule is Cc1cc(/C=N/Nc2ccc(C(F)(F)F)cc2)c(C)n1-c1ccc(Br)c(Cl)c1. The average Bonchev–Trinajstić information content (AvgIpc) is 2.91. The fraction of sp³-hybridized carbons (Fsp3) is 0.150. The van der Waals surface area contributed by atoms with Crippen molar-refractivity contribution in [1.29, 1.82) is 0 Å². The summed E-state index contributed by atoms with van der Waals surface area (Å²) in [5.74, 6) is 0. The van der Waals surface area contributed by atoms with Gasteiger partial charge in [0.1, 0.15) is 0 Å². The van der Waals surface area contributed by atoms with E-state index in [1.165, 1.54) is 12.1 Å². The molecule has 146 valence electrons. The second kappa shape index (κ2) is 8.01. The van der Waals surface area contributed by atoms with E-state index in [9.17, 15) is 13.2 Å². The van der Waals surface area contributed by atoms with Crippen LogP contribution in [0, 0.1) is 13.8 Å². The van der Waals surface area contributed by atoms with Gasteiger partial charge in [0.25, 0.3) is 0 Å². The fourth-order valence-corrected chi connectivity index (χ4v) is 3.27. The summed E-state index contributed by atoms with van der Waals surface area (Å²) in [6.45, 7) is 3.94. The number of hydrogen-bond acceptors (Lipinski definition) is 2. The van der Waals surface area contributed by atoms with Gasteiger partial charge < -0.3 is 4.57 Å². The summed E-state index contributed by atoms with van der Waals surface area (Å²) in [5.41, 5.74) is 6.31. The van der Waals surface area contributed by atoms with Gasteiger partial charge in [-0.05, 0) is 78.3 Å². The van der Waals surface area contributed by atoms with E-state index in [0.717, 1.165) is 39.2 Å². The zero-order chi connectivity index (χ0) is 20.5. The van der Waals surface area contributed by atoms with Crippen molar-refractivity contribution in [3.05, 3.63) is 80.5 Å². The Balaban J connectivity index is 1.79. The van der Waals surface area contributed by atoms with Gasteiger partial charge in [-0.1, -0.05) is 11.6 Å². The van der Waals surface area contributed by atoms with E-state index in [-0.39, 0.29) is 0 Å². The van der Waals surface area contributed by atoms with Gasteiger partial charge in [0.05, 0.1) is 22.5 Å². The van der Waals surface area contributed by atoms with E-state index in [1.54, 1.807) is 6.21 Å². The summed E-state index contributed by atoms with van der Waals surface area (Å²) in [7, 11) is 0. The summed E-state index contributed by atoms with van der Waals surface area (Å²) in [6, 6.07) is 12.4. The molecule has 1 aromatic heterocycles. The maximum Gasteiger partial charge on any atom is 0.416 e. The predicted octanol–water partition coefficient (Wildman–Crippen LogP) is 6.97. The van der Waals surface area contributed by atoms with Crippen LogP contribution in [0.15, 0.2) is 58.1 Å². The fourth-order valence-electron chi connectivity index (χ4n) is 2.85. The van der Waals surface area contributed by atoms with Crippen LogP contribution in [0.1, 0.15) is 22.5 Å². The third kappa shape index (κ3) is 4.42. The van der Waals surface area contributed by atoms with Crippen LogP contribution in [0.25, 0.3) is 5.69 Å². The van der Waals surface area contributed by atoms with E-state index >= 15 is 0 Å². The molecule has 0 amide bonds. The molecule has 0 aliphatic heterocycles. The summed E-state index contributed by atoms with van der Waals surface area (Å²) in [5, 5.41) is 4.76. The number of aryl methyl sites for hydroxylation is 1. The smallest absolute Gasteiger partial charge is 0.318 e. The summed E-state index contributed by atoms with van der Waals surface area (Å²) < 4.78 is 40.7. The molecule has 0 atom stereocenters. The highest BCUT2D eigenvalue weighted by molar-refractivity contribution is 9.10. The van der Waals surface area contributed by atoms with Crippen LogP contribution in [0.2, 0.25) is 5.02 Å². The van der Waals surface area contributed by atoms with Crippen molar-refractivity contribution in [2.24, 2.45) is 5.10 Å². The van der Waals surface area contributed by atoms with Gasteiger partial charge in [-0.15, -0.1) is 0 Å². The molecule has 0 spiro atoms. The molecule has 0 aliphatic rings. The lowest BCUT2D eigenvalue weighted by molar-refractivity contribution is -0.137. The van der Waals surface area contributed by atoms with Crippen LogP contribution in [-0.4, -0.2) is 10.8 Å². The summed E-state index contributed by atoms with van der Waals surface area (Å²) >= 11 is 9.58. The first-order valence-corrected chi connectivity index (χ1v) is 9.44. The first-order valence-electron chi connectivity index (χ1n) is 8.27. The Morgan fingerprint density at radius 2 is 1.75 bits per heavy atom. The Morgan fingerprint density at radius 3 is 2.36 bits per heavy atom. The molecule has 0 unspecified atom stereocenters. The lowest BCUT2D eigenvalue weighted by Gasteiger charge is -2.10. The maximum atomic E-state index is 12.6. The molecule has 1 N–H and O–H groups in total. The number of rotatable bonds is 4. The number of benzene rings is 2. The number of anilines is 1. The molecule has 3 nitrogen and oxygen atoms in total. The quantitative estimate of drug-likeness (QED) is 0.324. The van der Waals surface area contributed by atoms with Crippen molar-refractivity contribution in [3.8, 4) is 5.69 Å². The van der Waals surface area contributed by atoms with Crippen molar-refractivity contribution in [2.75, 3.05) is 5.43 Å². The minimum atomic E-state index is -4.35. The number of nitrogens with one attached hydrogen (secondary N) is 1. The van der Waals surface area contributed by atoms with Crippen LogP contribution in [0.3, 0.4) is 0 Å². The first kappa shape index (κ1) is 20.5. The van der Waals surface area contributed by atoms with Gasteiger partial charge in [-0.2, -0.15) is 18.3 Å². The standard InChI is InChI=1S/C20H16BrClF3N3/c1-12-9-14(13(2)28(12)17-7-8-18(21)19(22)10-17)11-26-27-16-5-3-15(4-6-16)20(23,24)25/h3-11,27H,1-2H3/b26-11+. The monoisotopic (exact) mass is 469 g/mol. The topological polar surface area (TPSA) is 29.3 Å². The zero-order valence-electron chi connectivity index (χ0n) is 15.0. The molecule has 0 radical (unpaired) electrons. The van der Waals surface area contributed by atoms with Gasteiger partial charge in [-0.25, -0.2) is 0 Å². The van der Waals surface area contributed by atoms with Gasteiger partial charge in [0.2, 0.25) is 0 Å². The van der Waals surface area contributed by atoms with E-state index in [1.807, 2.05) is 38.1 Å². The normalized spacial score (nSPS) is 12.0. The van der Waals surface area contributed by atoms with E-state index in [2.05, 4.69) is 31.0 Å². The third-order valence-corrected chi connectivity index (χ3v) is 5.47. The summed E-state index contributed by atoms with van der Waals surface area (Å²) in [6.07, 6.45) is -2.72. The van der Waals surface area contributed by atoms with Gasteiger partial charge in [-0.3, -0.25) is 5.43 Å². The number of hydrogen-bond donors (Lipinski definition) is 1. The number of nitrogens with zero attached hydrogens (tertiary/aromatic N) is 2. The van der Waals surface area contributed by atoms with Crippen molar-refractivity contribution < 1.29 is 13.2 Å². The lowest BCUT2D eigenvalue weighted by atomic mass is 10.2. The van der Waals surface area contributed by atoms with E-state index in [4.69, 9.17) is 11.6 Å². The Hall–Kier alpha value is -2.25. The van der Waals surface area contributed by atoms with Crippen molar-refractivity contribution in [2.45, 2.75) is 20.0 Å². The molecule has 0 fully saturated rings. The Labute approximate surface area is 174 Å². The van der Waals surface area contributed by atoms with E-state index in [0.29, 0.717) is 10.7 Å². The van der Waals surface area contributed by atoms with Crippen LogP contribution in [-0.2, 0) is 6.18 Å². The lowest BCUT2D eigenvalue weighted by Crippen LogP contribution is -2.04. The van der Waals surface area contributed by atoms with Crippen molar-refractivity contribution in [1.82, 2.24) is 4.57 Å². The molecule has 1 heterocycles. The average molecular weight is 471 g/mol. The number of aromatic nitrogens is 1. The molecular weight excluding hydrogens is 455 g/mol. The van der Waals surface area contributed by atoms with Crippen molar-refractivity contribution in [3.63, 3.8) is 0 Å². The third-order valence-electron chi connectivity index (χ3n) is 4.24. The minimum Gasteiger partial charge on any atom is -0.318 e. The molecule has 0 saturated carbocycles. The number of alkyl halides is 3. The molecule has 3 aromatic rings. The van der Waals surface area contributed by atoms with Crippen LogP contribution in [0.5, 0.6) is 0 Å². The molecule has 8 heteroatoms.